The maximum absolute atomic E-state index is 12.6. The minimum atomic E-state index is -3.45. The van der Waals surface area contributed by atoms with E-state index in [1.54, 1.807) is 42.5 Å². The molecule has 0 aliphatic carbocycles. The zero-order valence-electron chi connectivity index (χ0n) is 11.7. The van der Waals surface area contributed by atoms with Gasteiger partial charge in [0.15, 0.2) is 9.84 Å². The molecule has 1 heterocycles. The molecule has 0 unspecified atom stereocenters. The van der Waals surface area contributed by atoms with Gasteiger partial charge in [0.05, 0.1) is 17.1 Å². The lowest BCUT2D eigenvalue weighted by Gasteiger charge is -2.10. The molecule has 1 aliphatic heterocycles. The molecule has 0 fully saturated rings. The molecule has 1 aliphatic rings. The van der Waals surface area contributed by atoms with E-state index in [2.05, 4.69) is 0 Å². The first-order valence-corrected chi connectivity index (χ1v) is 8.46. The van der Waals surface area contributed by atoms with Crippen molar-refractivity contribution < 1.29 is 18.3 Å². The van der Waals surface area contributed by atoms with Crippen LogP contribution in [-0.4, -0.2) is 19.5 Å². The third-order valence-electron chi connectivity index (χ3n) is 3.65. The van der Waals surface area contributed by atoms with E-state index in [1.165, 1.54) is 0 Å². The lowest BCUT2D eigenvalue weighted by Crippen LogP contribution is -2.04. The summed E-state index contributed by atoms with van der Waals surface area (Å²) in [5, 5.41) is 8.95. The molecule has 3 rings (SSSR count). The van der Waals surface area contributed by atoms with E-state index >= 15 is 0 Å². The quantitative estimate of drug-likeness (QED) is 0.925. The van der Waals surface area contributed by atoms with E-state index in [-0.39, 0.29) is 17.1 Å². The Hall–Kier alpha value is -2.40. The van der Waals surface area contributed by atoms with Gasteiger partial charge < -0.3 is 5.11 Å². The Morgan fingerprint density at radius 3 is 2.41 bits per heavy atom. The summed E-state index contributed by atoms with van der Waals surface area (Å²) in [6.45, 7) is 0. The zero-order chi connectivity index (χ0) is 15.7. The number of carboxylic acids is 1. The molecule has 4 nitrogen and oxygen atoms in total. The van der Waals surface area contributed by atoms with Crippen LogP contribution in [0.3, 0.4) is 0 Å². The lowest BCUT2D eigenvalue weighted by atomic mass is 9.93. The average Bonchev–Trinajstić information content (AvgIpc) is 2.57. The van der Waals surface area contributed by atoms with Gasteiger partial charge in [-0.1, -0.05) is 48.5 Å². The van der Waals surface area contributed by atoms with Gasteiger partial charge in [0.2, 0.25) is 0 Å². The Labute approximate surface area is 128 Å². The van der Waals surface area contributed by atoms with Crippen molar-refractivity contribution in [2.24, 2.45) is 0 Å². The number of benzene rings is 2. The van der Waals surface area contributed by atoms with Crippen LogP contribution in [0, 0.1) is 0 Å². The van der Waals surface area contributed by atoms with Gasteiger partial charge >= 0.3 is 5.97 Å². The molecule has 0 radical (unpaired) electrons. The monoisotopic (exact) mass is 314 g/mol. The summed E-state index contributed by atoms with van der Waals surface area (Å²) in [5.41, 5.74) is 2.69. The number of aliphatic carboxylic acids is 1. The highest BCUT2D eigenvalue weighted by Gasteiger charge is 2.27. The lowest BCUT2D eigenvalue weighted by molar-refractivity contribution is -0.135. The third kappa shape index (κ3) is 2.55. The van der Waals surface area contributed by atoms with Crippen LogP contribution >= 0.6 is 0 Å². The van der Waals surface area contributed by atoms with Gasteiger partial charge in [0.1, 0.15) is 0 Å². The van der Waals surface area contributed by atoms with Gasteiger partial charge in [-0.05, 0) is 22.8 Å². The molecule has 5 heteroatoms. The van der Waals surface area contributed by atoms with Gasteiger partial charge in [0.25, 0.3) is 0 Å². The Morgan fingerprint density at radius 1 is 1.05 bits per heavy atom. The summed E-state index contributed by atoms with van der Waals surface area (Å²) >= 11 is 0. The van der Waals surface area contributed by atoms with Gasteiger partial charge in [-0.2, -0.15) is 0 Å². The minimum Gasteiger partial charge on any atom is -0.481 e. The summed E-state index contributed by atoms with van der Waals surface area (Å²) < 4.78 is 25.2. The maximum atomic E-state index is 12.6. The van der Waals surface area contributed by atoms with Crippen molar-refractivity contribution >= 4 is 21.4 Å². The fraction of sp³-hybridized carbons (Fsp3) is 0.118. The summed E-state index contributed by atoms with van der Waals surface area (Å²) in [6.07, 6.45) is 1.43. The molecule has 0 saturated heterocycles. The highest BCUT2D eigenvalue weighted by molar-refractivity contribution is 7.90. The van der Waals surface area contributed by atoms with Gasteiger partial charge in [-0.25, -0.2) is 8.42 Å². The number of carbonyl (C=O) groups is 1. The zero-order valence-corrected chi connectivity index (χ0v) is 12.5. The van der Waals surface area contributed by atoms with Crippen LogP contribution in [0.5, 0.6) is 0 Å². The summed E-state index contributed by atoms with van der Waals surface area (Å²) in [7, 11) is -3.45. The first-order chi connectivity index (χ1) is 10.5. The molecule has 0 bridgehead atoms. The van der Waals surface area contributed by atoms with Crippen molar-refractivity contribution in [2.75, 3.05) is 0 Å². The largest absolute Gasteiger partial charge is 0.481 e. The predicted molar refractivity (Wildman–Crippen MR) is 83.1 cm³/mol. The Morgan fingerprint density at radius 2 is 1.68 bits per heavy atom. The fourth-order valence-electron chi connectivity index (χ4n) is 2.71. The van der Waals surface area contributed by atoms with E-state index in [0.29, 0.717) is 16.7 Å². The summed E-state index contributed by atoms with van der Waals surface area (Å²) in [4.78, 5) is 11.2. The molecule has 2 aromatic rings. The van der Waals surface area contributed by atoms with Crippen LogP contribution in [0.4, 0.5) is 0 Å². The van der Waals surface area contributed by atoms with Gasteiger partial charge in [-0.15, -0.1) is 0 Å². The Balaban J connectivity index is 2.34. The molecule has 0 aromatic heterocycles. The number of carboxylic acid groups (broad SMARTS) is 1. The van der Waals surface area contributed by atoms with E-state index in [4.69, 9.17) is 5.11 Å². The molecule has 0 saturated carbocycles. The minimum absolute atomic E-state index is 0.0788. The van der Waals surface area contributed by atoms with Crippen LogP contribution in [0.1, 0.15) is 23.1 Å². The van der Waals surface area contributed by atoms with Crippen molar-refractivity contribution in [3.63, 3.8) is 0 Å². The van der Waals surface area contributed by atoms with Crippen molar-refractivity contribution in [1.29, 1.82) is 0 Å². The van der Waals surface area contributed by atoms with E-state index in [0.717, 1.165) is 5.56 Å². The molecule has 2 aromatic carbocycles. The fourth-order valence-corrected chi connectivity index (χ4v) is 4.32. The molecule has 0 atom stereocenters. The highest BCUT2D eigenvalue weighted by Crippen LogP contribution is 2.36. The smallest absolute Gasteiger partial charge is 0.307 e. The molecular formula is C17H14O4S. The topological polar surface area (TPSA) is 71.4 Å². The van der Waals surface area contributed by atoms with Crippen molar-refractivity contribution in [2.45, 2.75) is 17.1 Å². The van der Waals surface area contributed by atoms with E-state index in [1.807, 2.05) is 12.1 Å². The number of hydrogen-bond donors (Lipinski definition) is 1. The summed E-state index contributed by atoms with van der Waals surface area (Å²) in [5.74, 6) is -1.03. The predicted octanol–water partition coefficient (Wildman–Crippen LogP) is 2.88. The third-order valence-corrected chi connectivity index (χ3v) is 5.36. The second kappa shape index (κ2) is 5.42. The van der Waals surface area contributed by atoms with Crippen LogP contribution in [0.15, 0.2) is 59.5 Å². The molecule has 1 N–H and O–H groups in total. The van der Waals surface area contributed by atoms with Crippen molar-refractivity contribution in [3.8, 4) is 0 Å². The van der Waals surface area contributed by atoms with E-state index < -0.39 is 15.8 Å². The normalized spacial score (nSPS) is 17.4. The molecule has 0 amide bonds. The van der Waals surface area contributed by atoms with Crippen LogP contribution in [0.25, 0.3) is 5.57 Å². The Kier molecular flexibility index (Phi) is 3.58. The van der Waals surface area contributed by atoms with Crippen LogP contribution in [-0.2, 0) is 20.4 Å². The first kappa shape index (κ1) is 14.5. The van der Waals surface area contributed by atoms with Gasteiger partial charge in [-0.3, -0.25) is 4.79 Å². The average molecular weight is 314 g/mol. The highest BCUT2D eigenvalue weighted by atomic mass is 32.2. The van der Waals surface area contributed by atoms with Crippen molar-refractivity contribution in [3.05, 3.63) is 71.3 Å². The number of fused-ring (bicyclic) bond motifs is 2. The SMILES string of the molecule is O=C(O)C/C=C1/c2ccccc2CS(=O)(=O)c2ccccc21. The van der Waals surface area contributed by atoms with Crippen LogP contribution in [0.2, 0.25) is 0 Å². The first-order valence-electron chi connectivity index (χ1n) is 6.81. The number of rotatable bonds is 2. The van der Waals surface area contributed by atoms with Gasteiger partial charge in [0, 0.05) is 5.56 Å². The van der Waals surface area contributed by atoms with Crippen molar-refractivity contribution in [1.82, 2.24) is 0 Å². The second-order valence-electron chi connectivity index (χ2n) is 5.13. The Bertz CT molecular complexity index is 879. The molecule has 0 spiro atoms. The van der Waals surface area contributed by atoms with Crippen LogP contribution < -0.4 is 0 Å². The molecule has 112 valence electrons. The second-order valence-corrected chi connectivity index (χ2v) is 7.09. The van der Waals surface area contributed by atoms with E-state index in [9.17, 15) is 13.2 Å². The molecule has 22 heavy (non-hydrogen) atoms. The number of sulfone groups is 1. The molecular weight excluding hydrogens is 300 g/mol. The number of hydrogen-bond acceptors (Lipinski definition) is 3. The standard InChI is InChI=1S/C17H14O4S/c18-17(19)10-9-14-13-6-2-1-5-12(13)11-22(20,21)16-8-4-3-7-15(14)16/h1-9H,10-11H2,(H,18,19)/b14-9-. The summed E-state index contributed by atoms with van der Waals surface area (Å²) in [6, 6.07) is 14.0. The maximum Gasteiger partial charge on any atom is 0.307 e.